The fraction of sp³-hybridized carbons (Fsp3) is 0.400. The minimum absolute atomic E-state index is 0.0146. The minimum Gasteiger partial charge on any atom is -0.351 e. The molecule has 0 spiro atoms. The van der Waals surface area contributed by atoms with Crippen LogP contribution in [-0.2, 0) is 0 Å². The molecule has 1 aromatic carbocycles. The zero-order chi connectivity index (χ0) is 13.2. The Bertz CT molecular complexity index is 599. The van der Waals surface area contributed by atoms with Gasteiger partial charge in [-0.15, -0.1) is 0 Å². The summed E-state index contributed by atoms with van der Waals surface area (Å²) in [6, 6.07) is 7.78. The van der Waals surface area contributed by atoms with Crippen LogP contribution in [0.4, 0.5) is 0 Å². The van der Waals surface area contributed by atoms with E-state index in [0.717, 1.165) is 23.7 Å². The van der Waals surface area contributed by atoms with Gasteiger partial charge in [0.05, 0.1) is 0 Å². The Morgan fingerprint density at radius 1 is 1.21 bits per heavy atom. The van der Waals surface area contributed by atoms with Crippen LogP contribution >= 0.6 is 11.6 Å². The highest BCUT2D eigenvalue weighted by molar-refractivity contribution is 6.31. The number of H-pyrrole nitrogens is 1. The number of carbonyl (C=O) groups excluding carboxylic acids is 1. The standard InChI is InChI=1S/C15H17ClN2O/c16-11-6-7-13-10(8-11)9-14(18-13)15(19)17-12-4-2-1-3-5-12/h6-9,12,18H,1-5H2,(H,17,19). The monoisotopic (exact) mass is 276 g/mol. The molecular formula is C15H17ClN2O. The molecule has 3 rings (SSSR count). The van der Waals surface area contributed by atoms with Gasteiger partial charge in [0.1, 0.15) is 5.69 Å². The van der Waals surface area contributed by atoms with Gasteiger partial charge >= 0.3 is 0 Å². The Morgan fingerprint density at radius 3 is 2.79 bits per heavy atom. The van der Waals surface area contributed by atoms with Crippen LogP contribution in [0.25, 0.3) is 10.9 Å². The SMILES string of the molecule is O=C(NC1CCCCC1)c1cc2cc(Cl)ccc2[nH]1. The molecule has 0 unspecified atom stereocenters. The lowest BCUT2D eigenvalue weighted by Gasteiger charge is -2.22. The lowest BCUT2D eigenvalue weighted by Crippen LogP contribution is -2.36. The number of amides is 1. The molecule has 1 aliphatic rings. The molecule has 19 heavy (non-hydrogen) atoms. The zero-order valence-electron chi connectivity index (χ0n) is 10.7. The third-order valence-electron chi connectivity index (χ3n) is 3.77. The summed E-state index contributed by atoms with van der Waals surface area (Å²) in [6.07, 6.45) is 5.91. The predicted molar refractivity (Wildman–Crippen MR) is 77.6 cm³/mol. The fourth-order valence-corrected chi connectivity index (χ4v) is 2.92. The molecule has 1 amide bonds. The molecule has 0 aliphatic heterocycles. The molecule has 1 saturated carbocycles. The molecule has 0 saturated heterocycles. The number of halogens is 1. The maximum atomic E-state index is 12.2. The zero-order valence-corrected chi connectivity index (χ0v) is 11.5. The second-order valence-electron chi connectivity index (χ2n) is 5.22. The summed E-state index contributed by atoms with van der Waals surface area (Å²) in [5.74, 6) is -0.0146. The smallest absolute Gasteiger partial charge is 0.267 e. The van der Waals surface area contributed by atoms with Gasteiger partial charge < -0.3 is 10.3 Å². The van der Waals surface area contributed by atoms with Crippen LogP contribution in [0.3, 0.4) is 0 Å². The summed E-state index contributed by atoms with van der Waals surface area (Å²) in [5.41, 5.74) is 1.56. The molecule has 1 aromatic heterocycles. The van der Waals surface area contributed by atoms with Gasteiger partial charge in [-0.25, -0.2) is 0 Å². The van der Waals surface area contributed by atoms with E-state index in [-0.39, 0.29) is 5.91 Å². The van der Waals surface area contributed by atoms with Crippen molar-refractivity contribution in [2.75, 3.05) is 0 Å². The van der Waals surface area contributed by atoms with Gasteiger partial charge in [-0.2, -0.15) is 0 Å². The molecule has 2 aromatic rings. The summed E-state index contributed by atoms with van der Waals surface area (Å²) in [5, 5.41) is 4.77. The molecule has 0 radical (unpaired) electrons. The van der Waals surface area contributed by atoms with Crippen LogP contribution in [0.1, 0.15) is 42.6 Å². The third-order valence-corrected chi connectivity index (χ3v) is 4.00. The number of nitrogens with one attached hydrogen (secondary N) is 2. The molecule has 1 fully saturated rings. The van der Waals surface area contributed by atoms with Crippen molar-refractivity contribution in [3.8, 4) is 0 Å². The van der Waals surface area contributed by atoms with Gasteiger partial charge in [0.2, 0.25) is 0 Å². The van der Waals surface area contributed by atoms with Crippen LogP contribution in [-0.4, -0.2) is 16.9 Å². The lowest BCUT2D eigenvalue weighted by atomic mass is 9.95. The minimum atomic E-state index is -0.0146. The number of aromatic nitrogens is 1. The Labute approximate surface area is 117 Å². The van der Waals surface area contributed by atoms with Gasteiger partial charge in [0, 0.05) is 22.0 Å². The van der Waals surface area contributed by atoms with Gasteiger partial charge in [-0.05, 0) is 37.1 Å². The first-order valence-corrected chi connectivity index (χ1v) is 7.19. The van der Waals surface area contributed by atoms with Crippen molar-refractivity contribution in [1.82, 2.24) is 10.3 Å². The maximum absolute atomic E-state index is 12.2. The van der Waals surface area contributed by atoms with E-state index in [1.165, 1.54) is 19.3 Å². The fourth-order valence-electron chi connectivity index (χ4n) is 2.74. The molecule has 0 bridgehead atoms. The molecule has 1 aliphatic carbocycles. The highest BCUT2D eigenvalue weighted by Crippen LogP contribution is 2.21. The van der Waals surface area contributed by atoms with E-state index in [1.807, 2.05) is 24.3 Å². The van der Waals surface area contributed by atoms with Crippen LogP contribution in [0.2, 0.25) is 5.02 Å². The molecule has 4 heteroatoms. The molecule has 3 nitrogen and oxygen atoms in total. The van der Waals surface area contributed by atoms with Crippen LogP contribution < -0.4 is 5.32 Å². The Balaban J connectivity index is 1.77. The molecule has 2 N–H and O–H groups in total. The van der Waals surface area contributed by atoms with Crippen molar-refractivity contribution in [2.24, 2.45) is 0 Å². The molecule has 100 valence electrons. The van der Waals surface area contributed by atoms with Crippen molar-refractivity contribution in [3.05, 3.63) is 35.0 Å². The Hall–Kier alpha value is -1.48. The average molecular weight is 277 g/mol. The number of carbonyl (C=O) groups is 1. The van der Waals surface area contributed by atoms with E-state index < -0.39 is 0 Å². The summed E-state index contributed by atoms with van der Waals surface area (Å²) in [7, 11) is 0. The summed E-state index contributed by atoms with van der Waals surface area (Å²) in [6.45, 7) is 0. The van der Waals surface area contributed by atoms with Crippen molar-refractivity contribution in [2.45, 2.75) is 38.1 Å². The second-order valence-corrected chi connectivity index (χ2v) is 5.66. The summed E-state index contributed by atoms with van der Waals surface area (Å²) in [4.78, 5) is 15.3. The Kier molecular flexibility index (Phi) is 3.47. The number of benzene rings is 1. The third kappa shape index (κ3) is 2.76. The van der Waals surface area contributed by atoms with Crippen molar-refractivity contribution >= 4 is 28.4 Å². The van der Waals surface area contributed by atoms with Crippen LogP contribution in [0.15, 0.2) is 24.3 Å². The first-order chi connectivity index (χ1) is 9.22. The number of rotatable bonds is 2. The normalized spacial score (nSPS) is 16.7. The second kappa shape index (κ2) is 5.25. The number of fused-ring (bicyclic) bond motifs is 1. The topological polar surface area (TPSA) is 44.9 Å². The maximum Gasteiger partial charge on any atom is 0.267 e. The van der Waals surface area contributed by atoms with E-state index in [4.69, 9.17) is 11.6 Å². The van der Waals surface area contributed by atoms with Crippen molar-refractivity contribution in [1.29, 1.82) is 0 Å². The lowest BCUT2D eigenvalue weighted by molar-refractivity contribution is 0.0923. The van der Waals surface area contributed by atoms with Crippen molar-refractivity contribution in [3.63, 3.8) is 0 Å². The van der Waals surface area contributed by atoms with Crippen LogP contribution in [0.5, 0.6) is 0 Å². The highest BCUT2D eigenvalue weighted by Gasteiger charge is 2.17. The predicted octanol–water partition coefficient (Wildman–Crippen LogP) is 3.88. The van der Waals surface area contributed by atoms with Gasteiger partial charge in [0.15, 0.2) is 0 Å². The highest BCUT2D eigenvalue weighted by atomic mass is 35.5. The van der Waals surface area contributed by atoms with Gasteiger partial charge in [0.25, 0.3) is 5.91 Å². The van der Waals surface area contributed by atoms with E-state index in [1.54, 1.807) is 0 Å². The van der Waals surface area contributed by atoms with Gasteiger partial charge in [-0.1, -0.05) is 30.9 Å². The molecular weight excluding hydrogens is 260 g/mol. The number of hydrogen-bond donors (Lipinski definition) is 2. The van der Waals surface area contributed by atoms with E-state index in [0.29, 0.717) is 16.8 Å². The first kappa shape index (κ1) is 12.5. The molecule has 0 atom stereocenters. The number of hydrogen-bond acceptors (Lipinski definition) is 1. The largest absolute Gasteiger partial charge is 0.351 e. The van der Waals surface area contributed by atoms with E-state index >= 15 is 0 Å². The average Bonchev–Trinajstić information content (AvgIpc) is 2.83. The van der Waals surface area contributed by atoms with Gasteiger partial charge in [-0.3, -0.25) is 4.79 Å². The van der Waals surface area contributed by atoms with E-state index in [9.17, 15) is 4.79 Å². The summed E-state index contributed by atoms with van der Waals surface area (Å²) < 4.78 is 0. The van der Waals surface area contributed by atoms with Crippen molar-refractivity contribution < 1.29 is 4.79 Å². The van der Waals surface area contributed by atoms with Crippen LogP contribution in [0, 0.1) is 0 Å². The molecule has 1 heterocycles. The summed E-state index contributed by atoms with van der Waals surface area (Å²) >= 11 is 5.95. The Morgan fingerprint density at radius 2 is 2.00 bits per heavy atom. The van der Waals surface area contributed by atoms with E-state index in [2.05, 4.69) is 10.3 Å². The first-order valence-electron chi connectivity index (χ1n) is 6.81. The number of aromatic amines is 1. The quantitative estimate of drug-likeness (QED) is 0.859.